The molecule has 0 radical (unpaired) electrons. The number of rotatable bonds is 6. The molecule has 1 aromatic rings. The number of amidine groups is 1. The smallest absolute Gasteiger partial charge is 0.394 e. The van der Waals surface area contributed by atoms with Gasteiger partial charge in [0, 0.05) is 12.8 Å². The lowest BCUT2D eigenvalue weighted by atomic mass is 9.94. The van der Waals surface area contributed by atoms with Gasteiger partial charge in [-0.15, -0.1) is 0 Å². The predicted molar refractivity (Wildman–Crippen MR) is 75.0 cm³/mol. The van der Waals surface area contributed by atoms with E-state index in [2.05, 4.69) is 9.98 Å². The molecule has 2 N–H and O–H groups in total. The van der Waals surface area contributed by atoms with Gasteiger partial charge in [-0.25, -0.2) is 9.78 Å². The Morgan fingerprint density at radius 2 is 2.26 bits per heavy atom. The monoisotopic (exact) mass is 333 g/mol. The standard InChI is InChI=1S/C14H18F3N3O3/c1-2-22-13(21)10-7-23-12(20-10)5-3-4-9-8(14(15,16)17)6-11(18)19-9/h7-9H,2-6H2,1H3,(H2,18,19)/t8-,9-/m1/s1. The molecule has 128 valence electrons. The van der Waals surface area contributed by atoms with Crippen molar-refractivity contribution in [2.75, 3.05) is 6.61 Å². The molecule has 0 aromatic carbocycles. The van der Waals surface area contributed by atoms with Gasteiger partial charge in [-0.05, 0) is 19.8 Å². The number of hydrogen-bond donors (Lipinski definition) is 1. The largest absolute Gasteiger partial charge is 0.461 e. The van der Waals surface area contributed by atoms with Crippen LogP contribution in [0.25, 0.3) is 0 Å². The number of alkyl halides is 3. The zero-order valence-corrected chi connectivity index (χ0v) is 12.6. The minimum Gasteiger partial charge on any atom is -0.461 e. The van der Waals surface area contributed by atoms with Gasteiger partial charge in [-0.2, -0.15) is 13.2 Å². The Bertz CT molecular complexity index is 583. The summed E-state index contributed by atoms with van der Waals surface area (Å²) in [5, 5.41) is 0. The Labute approximate surface area is 130 Å². The molecular formula is C14H18F3N3O3. The zero-order valence-electron chi connectivity index (χ0n) is 12.6. The normalized spacial score (nSPS) is 21.3. The van der Waals surface area contributed by atoms with Crippen LogP contribution in [0, 0.1) is 5.92 Å². The maximum absolute atomic E-state index is 12.9. The number of nitrogens with two attached hydrogens (primary N) is 1. The van der Waals surface area contributed by atoms with Crippen LogP contribution in [0.5, 0.6) is 0 Å². The summed E-state index contributed by atoms with van der Waals surface area (Å²) in [6.07, 6.45) is -2.44. The zero-order chi connectivity index (χ0) is 17.0. The van der Waals surface area contributed by atoms with Gasteiger partial charge >= 0.3 is 12.1 Å². The molecule has 0 spiro atoms. The van der Waals surface area contributed by atoms with E-state index in [0.29, 0.717) is 12.8 Å². The fourth-order valence-electron chi connectivity index (χ4n) is 2.50. The first kappa shape index (κ1) is 17.3. The van der Waals surface area contributed by atoms with E-state index in [9.17, 15) is 18.0 Å². The number of aromatic nitrogens is 1. The SMILES string of the molecule is CCOC(=O)c1coc(CCC[C@H]2N=C(N)C[C@H]2C(F)(F)F)n1. The molecule has 9 heteroatoms. The predicted octanol–water partition coefficient (Wildman–Crippen LogP) is 2.48. The van der Waals surface area contributed by atoms with Crippen LogP contribution in [0.3, 0.4) is 0 Å². The average Bonchev–Trinajstić information content (AvgIpc) is 3.05. The number of esters is 1. The van der Waals surface area contributed by atoms with Crippen molar-refractivity contribution < 1.29 is 27.1 Å². The maximum atomic E-state index is 12.9. The topological polar surface area (TPSA) is 90.7 Å². The fraction of sp³-hybridized carbons (Fsp3) is 0.643. The third-order valence-electron chi connectivity index (χ3n) is 3.57. The van der Waals surface area contributed by atoms with Crippen LogP contribution < -0.4 is 5.73 Å². The van der Waals surface area contributed by atoms with E-state index in [4.69, 9.17) is 14.9 Å². The lowest BCUT2D eigenvalue weighted by Gasteiger charge is -2.20. The molecule has 0 bridgehead atoms. The average molecular weight is 333 g/mol. The van der Waals surface area contributed by atoms with Crippen molar-refractivity contribution in [3.05, 3.63) is 17.8 Å². The molecule has 0 aliphatic carbocycles. The molecule has 1 aliphatic rings. The van der Waals surface area contributed by atoms with E-state index in [1.807, 2.05) is 0 Å². The number of aryl methyl sites for hydroxylation is 1. The van der Waals surface area contributed by atoms with Gasteiger partial charge in [0.05, 0.1) is 24.4 Å². The summed E-state index contributed by atoms with van der Waals surface area (Å²) >= 11 is 0. The van der Waals surface area contributed by atoms with Gasteiger partial charge in [0.2, 0.25) is 0 Å². The summed E-state index contributed by atoms with van der Waals surface area (Å²) < 4.78 is 48.6. The Hall–Kier alpha value is -2.06. The molecule has 0 unspecified atom stereocenters. The van der Waals surface area contributed by atoms with Crippen molar-refractivity contribution >= 4 is 11.8 Å². The van der Waals surface area contributed by atoms with Gasteiger partial charge in [0.1, 0.15) is 6.26 Å². The molecule has 0 saturated heterocycles. The van der Waals surface area contributed by atoms with E-state index < -0.39 is 24.1 Å². The van der Waals surface area contributed by atoms with Crippen molar-refractivity contribution in [3.8, 4) is 0 Å². The highest BCUT2D eigenvalue weighted by molar-refractivity contribution is 5.86. The Balaban J connectivity index is 1.86. The van der Waals surface area contributed by atoms with Crippen molar-refractivity contribution in [1.29, 1.82) is 0 Å². The molecule has 2 rings (SSSR count). The van der Waals surface area contributed by atoms with Gasteiger partial charge in [0.15, 0.2) is 11.6 Å². The van der Waals surface area contributed by atoms with Gasteiger partial charge in [-0.3, -0.25) is 4.99 Å². The number of nitrogens with zero attached hydrogens (tertiary/aromatic N) is 2. The number of ether oxygens (including phenoxy) is 1. The second-order valence-corrected chi connectivity index (χ2v) is 5.28. The van der Waals surface area contributed by atoms with E-state index in [-0.39, 0.29) is 36.9 Å². The highest BCUT2D eigenvalue weighted by atomic mass is 19.4. The number of halogens is 3. The first-order chi connectivity index (χ1) is 10.8. The maximum Gasteiger partial charge on any atom is 0.394 e. The number of hydrogen-bond acceptors (Lipinski definition) is 6. The minimum atomic E-state index is -4.31. The Morgan fingerprint density at radius 1 is 1.52 bits per heavy atom. The number of oxazole rings is 1. The van der Waals surface area contributed by atoms with Crippen LogP contribution in [-0.4, -0.2) is 35.6 Å². The molecule has 0 fully saturated rings. The van der Waals surface area contributed by atoms with E-state index in [0.717, 1.165) is 0 Å². The van der Waals surface area contributed by atoms with Crippen molar-refractivity contribution in [2.45, 2.75) is 44.8 Å². The van der Waals surface area contributed by atoms with E-state index in [1.54, 1.807) is 6.92 Å². The summed E-state index contributed by atoms with van der Waals surface area (Å²) in [4.78, 5) is 19.3. The highest BCUT2D eigenvalue weighted by Gasteiger charge is 2.47. The highest BCUT2D eigenvalue weighted by Crippen LogP contribution is 2.37. The van der Waals surface area contributed by atoms with Crippen molar-refractivity contribution in [2.24, 2.45) is 16.6 Å². The molecule has 6 nitrogen and oxygen atoms in total. The molecule has 0 amide bonds. The van der Waals surface area contributed by atoms with Crippen LogP contribution in [0.4, 0.5) is 13.2 Å². The first-order valence-corrected chi connectivity index (χ1v) is 7.31. The number of carbonyl (C=O) groups excluding carboxylic acids is 1. The summed E-state index contributed by atoms with van der Waals surface area (Å²) in [5.41, 5.74) is 5.48. The van der Waals surface area contributed by atoms with Crippen molar-refractivity contribution in [1.82, 2.24) is 4.98 Å². The Kier molecular flexibility index (Phi) is 5.27. The molecule has 1 aromatic heterocycles. The molecule has 23 heavy (non-hydrogen) atoms. The van der Waals surface area contributed by atoms with E-state index in [1.165, 1.54) is 6.26 Å². The van der Waals surface area contributed by atoms with Crippen LogP contribution in [0.2, 0.25) is 0 Å². The third-order valence-corrected chi connectivity index (χ3v) is 3.57. The van der Waals surface area contributed by atoms with Gasteiger partial charge in [-0.1, -0.05) is 0 Å². The number of aliphatic imine (C=N–C) groups is 1. The quantitative estimate of drug-likeness (QED) is 0.808. The van der Waals surface area contributed by atoms with Gasteiger partial charge in [0.25, 0.3) is 0 Å². The third kappa shape index (κ3) is 4.46. The first-order valence-electron chi connectivity index (χ1n) is 7.31. The second kappa shape index (κ2) is 7.01. The molecule has 1 aliphatic heterocycles. The molecule has 2 heterocycles. The van der Waals surface area contributed by atoms with Crippen LogP contribution >= 0.6 is 0 Å². The number of carbonyl (C=O) groups is 1. The minimum absolute atomic E-state index is 0.0399. The Morgan fingerprint density at radius 3 is 2.91 bits per heavy atom. The van der Waals surface area contributed by atoms with Crippen LogP contribution in [0.1, 0.15) is 42.6 Å². The second-order valence-electron chi connectivity index (χ2n) is 5.28. The summed E-state index contributed by atoms with van der Waals surface area (Å²) in [6.45, 7) is 1.89. The lowest BCUT2D eigenvalue weighted by molar-refractivity contribution is -0.176. The van der Waals surface area contributed by atoms with E-state index >= 15 is 0 Å². The van der Waals surface area contributed by atoms with Crippen LogP contribution in [-0.2, 0) is 11.2 Å². The van der Waals surface area contributed by atoms with Gasteiger partial charge < -0.3 is 14.9 Å². The van der Waals surface area contributed by atoms with Crippen molar-refractivity contribution in [3.63, 3.8) is 0 Å². The summed E-state index contributed by atoms with van der Waals surface area (Å²) in [5.74, 6) is -1.79. The summed E-state index contributed by atoms with van der Waals surface area (Å²) in [6, 6.07) is -0.866. The molecule has 2 atom stereocenters. The summed E-state index contributed by atoms with van der Waals surface area (Å²) in [7, 11) is 0. The van der Waals surface area contributed by atoms with Crippen LogP contribution in [0.15, 0.2) is 15.7 Å². The lowest BCUT2D eigenvalue weighted by Crippen LogP contribution is -2.30. The molecular weight excluding hydrogens is 315 g/mol. The molecule has 0 saturated carbocycles. The fourth-order valence-corrected chi connectivity index (χ4v) is 2.50.